The second-order valence-electron chi connectivity index (χ2n) is 14.6. The van der Waals surface area contributed by atoms with E-state index >= 15 is 0 Å². The number of aliphatic hydroxyl groups excluding tert-OH is 1. The van der Waals surface area contributed by atoms with E-state index in [-0.39, 0.29) is 29.8 Å². The zero-order chi connectivity index (χ0) is 30.9. The maximum absolute atomic E-state index is 13.9. The molecule has 0 aromatic rings. The van der Waals surface area contributed by atoms with Gasteiger partial charge in [-0.15, -0.1) is 0 Å². The molecule has 232 valence electrons. The Morgan fingerprint density at radius 1 is 1.10 bits per heavy atom. The molecular weight excluding hydrogens is 544 g/mol. The number of ketones is 1. The summed E-state index contributed by atoms with van der Waals surface area (Å²) in [5.74, 6) is -1.95. The maximum Gasteiger partial charge on any atom is 0.302 e. The van der Waals surface area contributed by atoms with E-state index in [2.05, 4.69) is 0 Å². The average molecular weight is 589 g/mol. The molecule has 2 saturated carbocycles. The average Bonchev–Trinajstić information content (AvgIpc) is 2.99. The quantitative estimate of drug-likeness (QED) is 0.474. The number of carbonyl (C=O) groups excluding carboxylic acids is 3. The fourth-order valence-corrected chi connectivity index (χ4v) is 9.64. The van der Waals surface area contributed by atoms with Gasteiger partial charge in [0.1, 0.15) is 23.6 Å². The van der Waals surface area contributed by atoms with Gasteiger partial charge in [0.15, 0.2) is 11.4 Å². The second-order valence-corrected chi connectivity index (χ2v) is 14.6. The summed E-state index contributed by atoms with van der Waals surface area (Å²) in [5, 5.41) is 23.2. The molecule has 0 radical (unpaired) electrons. The van der Waals surface area contributed by atoms with Gasteiger partial charge in [0.2, 0.25) is 0 Å². The minimum atomic E-state index is -1.28. The normalized spacial score (nSPS) is 49.2. The van der Waals surface area contributed by atoms with Gasteiger partial charge in [-0.25, -0.2) is 0 Å². The number of carbonyl (C=O) groups is 3. The summed E-state index contributed by atoms with van der Waals surface area (Å²) in [6, 6.07) is 0. The molecule has 0 amide bonds. The highest BCUT2D eigenvalue weighted by Gasteiger charge is 2.81. The van der Waals surface area contributed by atoms with Gasteiger partial charge in [-0.2, -0.15) is 0 Å². The SMILES string of the molecule is CC(=O)O[C@@H]1C[C@H](C(C)(C)O)O[C@@H]2CC[C@]3(C)OC4=C(C(=O)C=C5[C@H](C)[C@H](OC(C)=O)[C@]6(C)[C@H](C)O[C@@]546)[C@H](O)[C@@H]3[C@@]12C. The highest BCUT2D eigenvalue weighted by Crippen LogP contribution is 2.72. The molecular formula is C32H44O10. The molecule has 3 aliphatic heterocycles. The van der Waals surface area contributed by atoms with Crippen LogP contribution in [0.3, 0.4) is 0 Å². The van der Waals surface area contributed by atoms with Crippen molar-refractivity contribution < 1.29 is 48.3 Å². The first-order valence-corrected chi connectivity index (χ1v) is 15.1. The molecule has 6 aliphatic rings. The summed E-state index contributed by atoms with van der Waals surface area (Å²) in [4.78, 5) is 38.4. The van der Waals surface area contributed by atoms with Crippen LogP contribution in [0.1, 0.15) is 81.6 Å². The van der Waals surface area contributed by atoms with Crippen molar-refractivity contribution in [3.63, 3.8) is 0 Å². The molecule has 42 heavy (non-hydrogen) atoms. The van der Waals surface area contributed by atoms with Crippen LogP contribution in [-0.4, -0.2) is 81.4 Å². The molecule has 12 atom stereocenters. The Hall–Kier alpha value is -2.27. The van der Waals surface area contributed by atoms with Crippen LogP contribution in [0.2, 0.25) is 0 Å². The number of fused-ring (bicyclic) bond motifs is 3. The zero-order valence-electron chi connectivity index (χ0n) is 26.0. The summed E-state index contributed by atoms with van der Waals surface area (Å²) in [7, 11) is 0. The summed E-state index contributed by atoms with van der Waals surface area (Å²) in [6.45, 7) is 15.8. The summed E-state index contributed by atoms with van der Waals surface area (Å²) in [5.41, 5.74) is -4.17. The van der Waals surface area contributed by atoms with Crippen LogP contribution >= 0.6 is 0 Å². The molecule has 2 N–H and O–H groups in total. The van der Waals surface area contributed by atoms with Gasteiger partial charge in [0.05, 0.1) is 41.0 Å². The Bertz CT molecular complexity index is 1310. The van der Waals surface area contributed by atoms with Crippen LogP contribution in [0.25, 0.3) is 0 Å². The predicted molar refractivity (Wildman–Crippen MR) is 148 cm³/mol. The van der Waals surface area contributed by atoms with E-state index in [0.717, 1.165) is 0 Å². The summed E-state index contributed by atoms with van der Waals surface area (Å²) in [6.07, 6.45) is -1.16. The van der Waals surface area contributed by atoms with Crippen molar-refractivity contribution in [3.05, 3.63) is 23.0 Å². The van der Waals surface area contributed by atoms with Gasteiger partial charge in [-0.3, -0.25) is 14.4 Å². The molecule has 4 fully saturated rings. The van der Waals surface area contributed by atoms with Crippen molar-refractivity contribution in [3.8, 4) is 0 Å². The fraction of sp³-hybridized carbons (Fsp3) is 0.781. The third-order valence-electron chi connectivity index (χ3n) is 11.7. The summed E-state index contributed by atoms with van der Waals surface area (Å²) < 4.78 is 31.8. The van der Waals surface area contributed by atoms with Crippen LogP contribution in [-0.2, 0) is 38.1 Å². The lowest BCUT2D eigenvalue weighted by molar-refractivity contribution is -0.324. The molecule has 0 aromatic heterocycles. The third kappa shape index (κ3) is 3.49. The van der Waals surface area contributed by atoms with Crippen LogP contribution in [0.15, 0.2) is 23.0 Å². The molecule has 6 rings (SSSR count). The molecule has 2 saturated heterocycles. The Balaban J connectivity index is 1.49. The van der Waals surface area contributed by atoms with E-state index in [1.165, 1.54) is 19.9 Å². The van der Waals surface area contributed by atoms with Gasteiger partial charge in [-0.05, 0) is 59.1 Å². The lowest BCUT2D eigenvalue weighted by atomic mass is 9.50. The maximum atomic E-state index is 13.9. The van der Waals surface area contributed by atoms with Crippen molar-refractivity contribution in [1.29, 1.82) is 0 Å². The van der Waals surface area contributed by atoms with Gasteiger partial charge >= 0.3 is 11.9 Å². The van der Waals surface area contributed by atoms with E-state index in [9.17, 15) is 24.6 Å². The number of allylic oxidation sites excluding steroid dienone is 1. The first-order chi connectivity index (χ1) is 19.3. The first kappa shape index (κ1) is 29.8. The minimum Gasteiger partial charge on any atom is -0.487 e. The number of ether oxygens (including phenoxy) is 5. The lowest BCUT2D eigenvalue weighted by Gasteiger charge is -2.66. The molecule has 3 heterocycles. The molecule has 0 unspecified atom stereocenters. The van der Waals surface area contributed by atoms with Gasteiger partial charge < -0.3 is 33.9 Å². The van der Waals surface area contributed by atoms with Crippen molar-refractivity contribution in [2.45, 2.75) is 135 Å². The Kier molecular flexibility index (Phi) is 6.31. The number of esters is 2. The standard InChI is InChI=1S/C32H44O10/c1-14-18-12-19(35)23-24(36)25-29(7,42-27(23)32(18)31(9,15(2)41-32)26(14)39-17(4)34)11-10-20-30(25,8)22(38-16(3)33)13-21(40-20)28(5,6)37/h12,14-15,20-22,24-26,36-37H,10-11,13H2,1-9H3/t14-,15-,20+,21+,22+,24-,25-,26-,29-,30+,31-,32-/m0/s1. The number of rotatable bonds is 3. The fourth-order valence-electron chi connectivity index (χ4n) is 9.64. The van der Waals surface area contributed by atoms with E-state index in [1.807, 2.05) is 34.6 Å². The molecule has 1 spiro atoms. The lowest BCUT2D eigenvalue weighted by Crippen LogP contribution is -2.74. The number of aliphatic hydroxyl groups is 2. The van der Waals surface area contributed by atoms with Crippen LogP contribution in [0.5, 0.6) is 0 Å². The number of hydrogen-bond donors (Lipinski definition) is 2. The van der Waals surface area contributed by atoms with Crippen LogP contribution in [0, 0.1) is 22.7 Å². The largest absolute Gasteiger partial charge is 0.487 e. The molecule has 0 aromatic carbocycles. The smallest absolute Gasteiger partial charge is 0.302 e. The molecule has 3 aliphatic carbocycles. The van der Waals surface area contributed by atoms with E-state index in [4.69, 9.17) is 23.7 Å². The van der Waals surface area contributed by atoms with E-state index in [1.54, 1.807) is 13.8 Å². The van der Waals surface area contributed by atoms with Crippen LogP contribution in [0.4, 0.5) is 0 Å². The van der Waals surface area contributed by atoms with Crippen LogP contribution < -0.4 is 0 Å². The van der Waals surface area contributed by atoms with E-state index < -0.39 is 76.0 Å². The van der Waals surface area contributed by atoms with Gasteiger partial charge in [-0.1, -0.05) is 13.8 Å². The van der Waals surface area contributed by atoms with Gasteiger partial charge in [0, 0.05) is 37.5 Å². The number of hydrogen-bond acceptors (Lipinski definition) is 10. The molecule has 10 heteroatoms. The molecule has 0 bridgehead atoms. The minimum absolute atomic E-state index is 0.128. The summed E-state index contributed by atoms with van der Waals surface area (Å²) >= 11 is 0. The zero-order valence-corrected chi connectivity index (χ0v) is 26.0. The highest BCUT2D eigenvalue weighted by molar-refractivity contribution is 6.08. The third-order valence-corrected chi connectivity index (χ3v) is 11.7. The highest BCUT2D eigenvalue weighted by atomic mass is 16.6. The van der Waals surface area contributed by atoms with Crippen molar-refractivity contribution in [2.24, 2.45) is 22.7 Å². The second kappa shape index (κ2) is 8.89. The topological polar surface area (TPSA) is 138 Å². The van der Waals surface area contributed by atoms with Crippen molar-refractivity contribution >= 4 is 17.7 Å². The Labute approximate surface area is 246 Å². The first-order valence-electron chi connectivity index (χ1n) is 15.1. The predicted octanol–water partition coefficient (Wildman–Crippen LogP) is 2.92. The van der Waals surface area contributed by atoms with Crippen molar-refractivity contribution in [1.82, 2.24) is 0 Å². The Morgan fingerprint density at radius 3 is 2.31 bits per heavy atom. The molecule has 10 nitrogen and oxygen atoms in total. The monoisotopic (exact) mass is 588 g/mol. The van der Waals surface area contributed by atoms with E-state index in [0.29, 0.717) is 24.2 Å². The Morgan fingerprint density at radius 2 is 1.74 bits per heavy atom. The van der Waals surface area contributed by atoms with Crippen molar-refractivity contribution in [2.75, 3.05) is 0 Å². The van der Waals surface area contributed by atoms with Gasteiger partial charge in [0.25, 0.3) is 0 Å².